The molecule has 2 aromatic carbocycles. The van der Waals surface area contributed by atoms with Crippen LogP contribution in [0.2, 0.25) is 0 Å². The Bertz CT molecular complexity index is 784. The van der Waals surface area contributed by atoms with E-state index in [1.165, 1.54) is 21.1 Å². The summed E-state index contributed by atoms with van der Waals surface area (Å²) in [4.78, 5) is 15.2. The van der Waals surface area contributed by atoms with Crippen LogP contribution in [-0.2, 0) is 0 Å². The molecule has 0 saturated heterocycles. The van der Waals surface area contributed by atoms with Crippen molar-refractivity contribution in [3.05, 3.63) is 59.5 Å². The second kappa shape index (κ2) is 7.47. The van der Waals surface area contributed by atoms with Gasteiger partial charge >= 0.3 is 5.97 Å². The first-order valence-corrected chi connectivity index (χ1v) is 10.5. The van der Waals surface area contributed by atoms with Crippen molar-refractivity contribution in [2.24, 2.45) is 0 Å². The number of aromatic carboxylic acids is 1. The predicted octanol–water partition coefficient (Wildman–Crippen LogP) is 6.22. The summed E-state index contributed by atoms with van der Waals surface area (Å²) in [7, 11) is 0. The number of hydrogen-bond donors (Lipinski definition) is 1. The summed E-state index contributed by atoms with van der Waals surface area (Å²) in [6.07, 6.45) is 4.09. The van der Waals surface area contributed by atoms with E-state index in [2.05, 4.69) is 48.5 Å². The van der Waals surface area contributed by atoms with Crippen LogP contribution < -0.4 is 0 Å². The highest BCUT2D eigenvalue weighted by Crippen LogP contribution is 2.40. The Balaban J connectivity index is 2.10. The Morgan fingerprint density at radius 1 is 0.875 bits per heavy atom. The minimum Gasteiger partial charge on any atom is -0.477 e. The zero-order chi connectivity index (χ0) is 17.1. The highest BCUT2D eigenvalue weighted by Gasteiger charge is 2.16. The van der Waals surface area contributed by atoms with E-state index >= 15 is 0 Å². The molecule has 0 amide bonds. The van der Waals surface area contributed by atoms with E-state index < -0.39 is 5.97 Å². The van der Waals surface area contributed by atoms with E-state index in [0.717, 1.165) is 21.6 Å². The van der Waals surface area contributed by atoms with Crippen LogP contribution in [-0.4, -0.2) is 23.6 Å². The molecule has 0 aliphatic carbocycles. The average Bonchev–Trinajstić information content (AvgIpc) is 3.07. The maximum absolute atomic E-state index is 11.4. The van der Waals surface area contributed by atoms with Crippen molar-refractivity contribution in [3.8, 4) is 21.6 Å². The standard InChI is InChI=1S/C19H16O2S3/c1-22-14-7-3-12(4-8-14)16-11-17(19(20)21)24-18(16)13-5-9-15(23-2)10-6-13/h3-11H,1-2H3,(H,20,21). The Hall–Kier alpha value is -1.69. The van der Waals surface area contributed by atoms with Crippen molar-refractivity contribution >= 4 is 40.8 Å². The van der Waals surface area contributed by atoms with Crippen molar-refractivity contribution in [2.45, 2.75) is 9.79 Å². The molecule has 0 radical (unpaired) electrons. The second-order valence-electron chi connectivity index (χ2n) is 5.12. The highest BCUT2D eigenvalue weighted by atomic mass is 32.2. The van der Waals surface area contributed by atoms with Crippen LogP contribution in [0.1, 0.15) is 9.67 Å². The Morgan fingerprint density at radius 3 is 1.83 bits per heavy atom. The quantitative estimate of drug-likeness (QED) is 0.539. The lowest BCUT2D eigenvalue weighted by Gasteiger charge is -2.06. The van der Waals surface area contributed by atoms with Gasteiger partial charge in [-0.1, -0.05) is 24.3 Å². The monoisotopic (exact) mass is 372 g/mol. The Labute approximate surface area is 153 Å². The van der Waals surface area contributed by atoms with E-state index in [0.29, 0.717) is 4.88 Å². The molecule has 1 aromatic heterocycles. The van der Waals surface area contributed by atoms with Crippen molar-refractivity contribution in [3.63, 3.8) is 0 Å². The highest BCUT2D eigenvalue weighted by molar-refractivity contribution is 7.98. The number of thiophene rings is 1. The Kier molecular flexibility index (Phi) is 5.33. The molecule has 3 aromatic rings. The molecule has 3 rings (SSSR count). The summed E-state index contributed by atoms with van der Waals surface area (Å²) >= 11 is 4.72. The van der Waals surface area contributed by atoms with Gasteiger partial charge in [0.1, 0.15) is 4.88 Å². The zero-order valence-electron chi connectivity index (χ0n) is 13.3. The first-order valence-electron chi connectivity index (χ1n) is 7.28. The van der Waals surface area contributed by atoms with Crippen LogP contribution in [0.15, 0.2) is 64.4 Å². The number of hydrogen-bond acceptors (Lipinski definition) is 4. The fourth-order valence-corrected chi connectivity index (χ4v) is 4.28. The Morgan fingerprint density at radius 2 is 1.38 bits per heavy atom. The third-order valence-electron chi connectivity index (χ3n) is 3.70. The fraction of sp³-hybridized carbons (Fsp3) is 0.105. The van der Waals surface area contributed by atoms with Gasteiger partial charge in [0.05, 0.1) is 0 Å². The van der Waals surface area contributed by atoms with Crippen molar-refractivity contribution in [1.29, 1.82) is 0 Å². The second-order valence-corrected chi connectivity index (χ2v) is 7.93. The molecule has 0 saturated carbocycles. The average molecular weight is 373 g/mol. The normalized spacial score (nSPS) is 10.8. The topological polar surface area (TPSA) is 37.3 Å². The van der Waals surface area contributed by atoms with Crippen LogP contribution in [0, 0.1) is 0 Å². The number of carbonyl (C=O) groups is 1. The third kappa shape index (κ3) is 3.53. The molecule has 0 aliphatic heterocycles. The molecule has 0 fully saturated rings. The van der Waals surface area contributed by atoms with Crippen molar-refractivity contribution in [2.75, 3.05) is 12.5 Å². The maximum atomic E-state index is 11.4. The van der Waals surface area contributed by atoms with E-state index in [9.17, 15) is 9.90 Å². The number of benzene rings is 2. The van der Waals surface area contributed by atoms with E-state index in [4.69, 9.17) is 0 Å². The molecule has 0 aliphatic rings. The first kappa shape index (κ1) is 17.1. The number of carboxylic acids is 1. The van der Waals surface area contributed by atoms with Crippen molar-refractivity contribution in [1.82, 2.24) is 0 Å². The number of rotatable bonds is 5. The zero-order valence-corrected chi connectivity index (χ0v) is 15.7. The van der Waals surface area contributed by atoms with Gasteiger partial charge < -0.3 is 5.11 Å². The van der Waals surface area contributed by atoms with E-state index in [-0.39, 0.29) is 0 Å². The van der Waals surface area contributed by atoms with Crippen molar-refractivity contribution < 1.29 is 9.90 Å². The van der Waals surface area contributed by atoms with Gasteiger partial charge in [0.25, 0.3) is 0 Å². The minimum atomic E-state index is -0.881. The van der Waals surface area contributed by atoms with Gasteiger partial charge in [-0.05, 0) is 54.0 Å². The molecular weight excluding hydrogens is 356 g/mol. The summed E-state index contributed by atoms with van der Waals surface area (Å²) in [5.41, 5.74) is 3.07. The molecule has 0 bridgehead atoms. The summed E-state index contributed by atoms with van der Waals surface area (Å²) in [6.45, 7) is 0. The number of thioether (sulfide) groups is 2. The lowest BCUT2D eigenvalue weighted by Crippen LogP contribution is -1.89. The molecule has 5 heteroatoms. The van der Waals surface area contributed by atoms with E-state index in [1.54, 1.807) is 29.6 Å². The first-order chi connectivity index (χ1) is 11.6. The molecule has 24 heavy (non-hydrogen) atoms. The smallest absolute Gasteiger partial charge is 0.345 e. The van der Waals surface area contributed by atoms with Gasteiger partial charge in [-0.25, -0.2) is 4.79 Å². The van der Waals surface area contributed by atoms with Crippen LogP contribution in [0.5, 0.6) is 0 Å². The lowest BCUT2D eigenvalue weighted by molar-refractivity contribution is 0.0702. The molecular formula is C19H16O2S3. The van der Waals surface area contributed by atoms with Crippen LogP contribution in [0.3, 0.4) is 0 Å². The molecule has 122 valence electrons. The summed E-state index contributed by atoms with van der Waals surface area (Å²) in [5, 5.41) is 9.38. The number of carboxylic acid groups (broad SMARTS) is 1. The molecule has 2 nitrogen and oxygen atoms in total. The van der Waals surface area contributed by atoms with Gasteiger partial charge in [-0.3, -0.25) is 0 Å². The van der Waals surface area contributed by atoms with Gasteiger partial charge in [0.15, 0.2) is 0 Å². The maximum Gasteiger partial charge on any atom is 0.345 e. The predicted molar refractivity (Wildman–Crippen MR) is 106 cm³/mol. The molecule has 1 heterocycles. The lowest BCUT2D eigenvalue weighted by atomic mass is 10.0. The minimum absolute atomic E-state index is 0.364. The van der Waals surface area contributed by atoms with Crippen LogP contribution in [0.4, 0.5) is 0 Å². The van der Waals surface area contributed by atoms with E-state index in [1.807, 2.05) is 12.5 Å². The fourth-order valence-electron chi connectivity index (χ4n) is 2.44. The largest absolute Gasteiger partial charge is 0.477 e. The molecule has 0 spiro atoms. The summed E-state index contributed by atoms with van der Waals surface area (Å²) in [5.74, 6) is -0.881. The van der Waals surface area contributed by atoms with Gasteiger partial charge in [0, 0.05) is 20.2 Å². The van der Waals surface area contributed by atoms with Gasteiger partial charge in [0.2, 0.25) is 0 Å². The van der Waals surface area contributed by atoms with Gasteiger partial charge in [-0.2, -0.15) is 0 Å². The van der Waals surface area contributed by atoms with Crippen LogP contribution >= 0.6 is 34.9 Å². The summed E-state index contributed by atoms with van der Waals surface area (Å²) < 4.78 is 0. The van der Waals surface area contributed by atoms with Crippen LogP contribution in [0.25, 0.3) is 21.6 Å². The van der Waals surface area contributed by atoms with Gasteiger partial charge in [-0.15, -0.1) is 34.9 Å². The SMILES string of the molecule is CSc1ccc(-c2cc(C(=O)O)sc2-c2ccc(SC)cc2)cc1. The third-order valence-corrected chi connectivity index (χ3v) is 6.36. The molecule has 0 unspecified atom stereocenters. The molecule has 0 atom stereocenters. The molecule has 1 N–H and O–H groups in total. The summed E-state index contributed by atoms with van der Waals surface area (Å²) in [6, 6.07) is 18.3.